The van der Waals surface area contributed by atoms with Crippen molar-refractivity contribution in [3.63, 3.8) is 0 Å². The summed E-state index contributed by atoms with van der Waals surface area (Å²) in [5.74, 6) is -0.501. The summed E-state index contributed by atoms with van der Waals surface area (Å²) in [5, 5.41) is 5.62. The van der Waals surface area contributed by atoms with Crippen molar-refractivity contribution in [3.8, 4) is 0 Å². The summed E-state index contributed by atoms with van der Waals surface area (Å²) in [6.45, 7) is 2.34. The molecule has 0 spiro atoms. The van der Waals surface area contributed by atoms with E-state index >= 15 is 0 Å². The molecule has 36 heavy (non-hydrogen) atoms. The van der Waals surface area contributed by atoms with Crippen LogP contribution in [0.25, 0.3) is 0 Å². The normalized spacial score (nSPS) is 13.4. The predicted molar refractivity (Wildman–Crippen MR) is 149 cm³/mol. The van der Waals surface area contributed by atoms with Crippen molar-refractivity contribution in [1.82, 2.24) is 4.90 Å². The average Bonchev–Trinajstić information content (AvgIpc) is 2.87. The minimum atomic E-state index is -0.508. The minimum Gasteiger partial charge on any atom is -0.368 e. The Hall–Kier alpha value is -2.91. The summed E-state index contributed by atoms with van der Waals surface area (Å²) in [7, 11) is 0. The Morgan fingerprint density at radius 1 is 0.889 bits per heavy atom. The maximum Gasteiger partial charge on any atom is 0.322 e. The number of halogens is 3. The van der Waals surface area contributed by atoms with E-state index in [0.717, 1.165) is 24.2 Å². The molecule has 0 aliphatic carbocycles. The number of carbonyl (C=O) groups is 2. The molecule has 4 rings (SSSR count). The monoisotopic (exact) mass is 616 g/mol. The van der Waals surface area contributed by atoms with Crippen molar-refractivity contribution in [1.29, 1.82) is 0 Å². The molecule has 0 radical (unpaired) electrons. The first-order valence-corrected chi connectivity index (χ1v) is 13.4. The van der Waals surface area contributed by atoms with Crippen LogP contribution >= 0.6 is 31.9 Å². The van der Waals surface area contributed by atoms with E-state index in [9.17, 15) is 14.0 Å². The highest BCUT2D eigenvalue weighted by atomic mass is 79.9. The fraction of sp³-hybridized carbons (Fsp3) is 0.259. The lowest BCUT2D eigenvalue weighted by atomic mass is 10.1. The van der Waals surface area contributed by atoms with Crippen molar-refractivity contribution in [3.05, 3.63) is 87.1 Å². The van der Waals surface area contributed by atoms with Gasteiger partial charge in [0.2, 0.25) is 5.91 Å². The number of piperazine rings is 1. The molecule has 1 heterocycles. The van der Waals surface area contributed by atoms with Crippen molar-refractivity contribution in [2.24, 2.45) is 0 Å². The van der Waals surface area contributed by atoms with Crippen molar-refractivity contribution in [2.45, 2.75) is 19.3 Å². The number of aryl methyl sites for hydroxylation is 1. The van der Waals surface area contributed by atoms with Crippen LogP contribution < -0.4 is 15.5 Å². The third kappa shape index (κ3) is 7.07. The molecule has 3 aromatic rings. The van der Waals surface area contributed by atoms with Gasteiger partial charge in [-0.25, -0.2) is 9.18 Å². The van der Waals surface area contributed by atoms with Gasteiger partial charge in [-0.3, -0.25) is 4.79 Å². The molecule has 0 bridgehead atoms. The van der Waals surface area contributed by atoms with Crippen LogP contribution in [0.1, 0.15) is 18.4 Å². The van der Waals surface area contributed by atoms with E-state index in [1.807, 2.05) is 42.5 Å². The second-order valence-electron chi connectivity index (χ2n) is 8.58. The third-order valence-electron chi connectivity index (χ3n) is 6.03. The largest absolute Gasteiger partial charge is 0.368 e. The zero-order chi connectivity index (χ0) is 25.5. The van der Waals surface area contributed by atoms with Gasteiger partial charge < -0.3 is 20.4 Å². The molecule has 3 amide bonds. The molecular weight excluding hydrogens is 591 g/mol. The Morgan fingerprint density at radius 2 is 1.58 bits per heavy atom. The van der Waals surface area contributed by atoms with Gasteiger partial charge in [0, 0.05) is 52.9 Å². The van der Waals surface area contributed by atoms with Crippen LogP contribution in [0, 0.1) is 5.82 Å². The van der Waals surface area contributed by atoms with Crippen LogP contribution in [-0.4, -0.2) is 43.0 Å². The fourth-order valence-electron chi connectivity index (χ4n) is 4.09. The maximum absolute atomic E-state index is 14.2. The van der Waals surface area contributed by atoms with E-state index in [2.05, 4.69) is 59.5 Å². The summed E-state index contributed by atoms with van der Waals surface area (Å²) < 4.78 is 15.3. The molecule has 188 valence electrons. The molecular formula is C27H27Br2FN4O2. The van der Waals surface area contributed by atoms with Crippen molar-refractivity contribution >= 4 is 60.9 Å². The van der Waals surface area contributed by atoms with Gasteiger partial charge in [0.1, 0.15) is 5.82 Å². The van der Waals surface area contributed by atoms with E-state index < -0.39 is 5.82 Å². The average molecular weight is 618 g/mol. The van der Waals surface area contributed by atoms with Crippen LogP contribution in [0.4, 0.5) is 26.2 Å². The summed E-state index contributed by atoms with van der Waals surface area (Å²) in [5.41, 5.74) is 3.16. The molecule has 0 atom stereocenters. The number of amides is 3. The maximum atomic E-state index is 14.2. The van der Waals surface area contributed by atoms with Gasteiger partial charge in [-0.05, 0) is 70.7 Å². The number of hydrogen-bond acceptors (Lipinski definition) is 3. The van der Waals surface area contributed by atoms with E-state index in [1.54, 1.807) is 11.0 Å². The summed E-state index contributed by atoms with van der Waals surface area (Å²) >= 11 is 6.53. The number of urea groups is 1. The van der Waals surface area contributed by atoms with Crippen LogP contribution in [0.2, 0.25) is 0 Å². The first-order chi connectivity index (χ1) is 17.4. The van der Waals surface area contributed by atoms with E-state index in [0.29, 0.717) is 41.5 Å². The number of nitrogens with zero attached hydrogens (tertiary/aromatic N) is 2. The number of rotatable bonds is 7. The molecule has 0 aromatic heterocycles. The van der Waals surface area contributed by atoms with Crippen molar-refractivity contribution < 1.29 is 14.0 Å². The zero-order valence-electron chi connectivity index (χ0n) is 19.6. The molecule has 0 saturated carbocycles. The SMILES string of the molecule is O=C(CCCc1ccccc1)Nc1ccc(N2CCN(C(=O)Nc3c(F)cc(Br)cc3Br)CC2)cc1. The molecule has 9 heteroatoms. The molecule has 1 saturated heterocycles. The Morgan fingerprint density at radius 3 is 2.25 bits per heavy atom. The number of hydrogen-bond donors (Lipinski definition) is 2. The lowest BCUT2D eigenvalue weighted by molar-refractivity contribution is -0.116. The second-order valence-corrected chi connectivity index (χ2v) is 10.4. The quantitative estimate of drug-likeness (QED) is 0.311. The highest BCUT2D eigenvalue weighted by Crippen LogP contribution is 2.30. The van der Waals surface area contributed by atoms with E-state index in [-0.39, 0.29) is 17.6 Å². The van der Waals surface area contributed by atoms with Gasteiger partial charge in [0.25, 0.3) is 0 Å². The number of anilines is 3. The lowest BCUT2D eigenvalue weighted by Gasteiger charge is -2.36. The zero-order valence-corrected chi connectivity index (χ0v) is 22.8. The lowest BCUT2D eigenvalue weighted by Crippen LogP contribution is -2.50. The van der Waals surface area contributed by atoms with Gasteiger partial charge in [-0.15, -0.1) is 0 Å². The van der Waals surface area contributed by atoms with Gasteiger partial charge in [0.05, 0.1) is 5.69 Å². The smallest absolute Gasteiger partial charge is 0.322 e. The fourth-order valence-corrected chi connectivity index (χ4v) is 5.36. The standard InChI is InChI=1S/C27H27Br2FN4O2/c28-20-17-23(29)26(24(30)18-20)32-27(36)34-15-13-33(14-16-34)22-11-9-21(10-12-22)31-25(35)8-4-7-19-5-2-1-3-6-19/h1-3,5-6,9-12,17-18H,4,7-8,13-16H2,(H,31,35)(H,32,36). The molecule has 1 aliphatic heterocycles. The minimum absolute atomic E-state index is 0.00663. The van der Waals surface area contributed by atoms with Gasteiger partial charge >= 0.3 is 6.03 Å². The highest BCUT2D eigenvalue weighted by molar-refractivity contribution is 9.11. The Balaban J connectivity index is 1.22. The Kier molecular flexibility index (Phi) is 8.98. The predicted octanol–water partition coefficient (Wildman–Crippen LogP) is 6.67. The molecule has 1 aliphatic rings. The van der Waals surface area contributed by atoms with E-state index in [1.165, 1.54) is 11.6 Å². The Labute approximate surface area is 227 Å². The molecule has 2 N–H and O–H groups in total. The second kappa shape index (κ2) is 12.4. The highest BCUT2D eigenvalue weighted by Gasteiger charge is 2.23. The topological polar surface area (TPSA) is 64.7 Å². The Bertz CT molecular complexity index is 1180. The van der Waals surface area contributed by atoms with Crippen LogP contribution in [0.15, 0.2) is 75.7 Å². The molecule has 3 aromatic carbocycles. The van der Waals surface area contributed by atoms with Gasteiger partial charge in [-0.2, -0.15) is 0 Å². The summed E-state index contributed by atoms with van der Waals surface area (Å²) in [6, 6.07) is 20.6. The van der Waals surface area contributed by atoms with Crippen molar-refractivity contribution in [2.75, 3.05) is 41.7 Å². The van der Waals surface area contributed by atoms with Gasteiger partial charge in [-0.1, -0.05) is 46.3 Å². The van der Waals surface area contributed by atoms with E-state index in [4.69, 9.17) is 0 Å². The summed E-state index contributed by atoms with van der Waals surface area (Å²) in [4.78, 5) is 28.8. The summed E-state index contributed by atoms with van der Waals surface area (Å²) in [6.07, 6.45) is 2.16. The van der Waals surface area contributed by atoms with Crippen LogP contribution in [-0.2, 0) is 11.2 Å². The number of carbonyl (C=O) groups excluding carboxylic acids is 2. The van der Waals surface area contributed by atoms with Gasteiger partial charge in [0.15, 0.2) is 0 Å². The molecule has 6 nitrogen and oxygen atoms in total. The van der Waals surface area contributed by atoms with Crippen LogP contribution in [0.3, 0.4) is 0 Å². The number of benzene rings is 3. The first kappa shape index (κ1) is 26.2. The number of nitrogens with one attached hydrogen (secondary N) is 2. The third-order valence-corrected chi connectivity index (χ3v) is 7.12. The van der Waals surface area contributed by atoms with Crippen LogP contribution in [0.5, 0.6) is 0 Å². The molecule has 0 unspecified atom stereocenters. The molecule has 1 fully saturated rings. The first-order valence-electron chi connectivity index (χ1n) is 11.8.